The van der Waals surface area contributed by atoms with E-state index in [1.807, 2.05) is 12.1 Å². The lowest BCUT2D eigenvalue weighted by atomic mass is 9.91. The highest BCUT2D eigenvalue weighted by Gasteiger charge is 2.11. The van der Waals surface area contributed by atoms with Crippen LogP contribution < -0.4 is 0 Å². The first-order chi connectivity index (χ1) is 6.63. The number of benzene rings is 1. The van der Waals surface area contributed by atoms with E-state index in [-0.39, 0.29) is 5.92 Å². The number of rotatable bonds is 4. The average molecular weight is 190 g/mol. The fraction of sp³-hybridized carbons (Fsp3) is 0.462. The van der Waals surface area contributed by atoms with Gasteiger partial charge in [0.15, 0.2) is 0 Å². The molecule has 0 saturated heterocycles. The molecule has 1 unspecified atom stereocenters. The van der Waals surface area contributed by atoms with E-state index in [0.717, 1.165) is 18.3 Å². The fourth-order valence-corrected chi connectivity index (χ4v) is 1.68. The molecule has 1 nitrogen and oxygen atoms in total. The van der Waals surface area contributed by atoms with Gasteiger partial charge >= 0.3 is 0 Å². The van der Waals surface area contributed by atoms with Gasteiger partial charge in [-0.25, -0.2) is 0 Å². The molecule has 0 heterocycles. The second-order valence-corrected chi connectivity index (χ2v) is 4.29. The summed E-state index contributed by atoms with van der Waals surface area (Å²) >= 11 is 0. The van der Waals surface area contributed by atoms with Gasteiger partial charge in [-0.3, -0.25) is 0 Å². The Kier molecular flexibility index (Phi) is 3.87. The second kappa shape index (κ2) is 4.94. The van der Waals surface area contributed by atoms with Crippen molar-refractivity contribution < 1.29 is 4.79 Å². The predicted octanol–water partition coefficient (Wildman–Crippen LogP) is 3.32. The van der Waals surface area contributed by atoms with Gasteiger partial charge in [0.1, 0.15) is 6.29 Å². The highest BCUT2D eigenvalue weighted by molar-refractivity contribution is 5.62. The monoisotopic (exact) mass is 190 g/mol. The number of aldehydes is 1. The van der Waals surface area contributed by atoms with Crippen molar-refractivity contribution in [3.05, 3.63) is 35.4 Å². The maximum atomic E-state index is 11.0. The molecule has 0 radical (unpaired) electrons. The predicted molar refractivity (Wildman–Crippen MR) is 59.4 cm³/mol. The van der Waals surface area contributed by atoms with Crippen molar-refractivity contribution in [2.45, 2.75) is 33.1 Å². The average Bonchev–Trinajstić information content (AvgIpc) is 2.14. The molecule has 1 rings (SSSR count). The van der Waals surface area contributed by atoms with Crippen molar-refractivity contribution in [2.75, 3.05) is 0 Å². The van der Waals surface area contributed by atoms with Gasteiger partial charge in [-0.15, -0.1) is 0 Å². The lowest BCUT2D eigenvalue weighted by molar-refractivity contribution is -0.109. The van der Waals surface area contributed by atoms with Crippen LogP contribution >= 0.6 is 0 Å². The molecule has 14 heavy (non-hydrogen) atoms. The molecule has 0 aliphatic heterocycles. The summed E-state index contributed by atoms with van der Waals surface area (Å²) in [7, 11) is 0. The van der Waals surface area contributed by atoms with Gasteiger partial charge in [0.05, 0.1) is 0 Å². The van der Waals surface area contributed by atoms with Crippen LogP contribution in [0.1, 0.15) is 37.3 Å². The summed E-state index contributed by atoms with van der Waals surface area (Å²) in [5.74, 6) is 0.626. The van der Waals surface area contributed by atoms with E-state index in [1.165, 1.54) is 5.56 Å². The minimum atomic E-state index is 0.0647. The number of aryl methyl sites for hydroxylation is 1. The van der Waals surface area contributed by atoms with Crippen LogP contribution in [-0.4, -0.2) is 6.29 Å². The topological polar surface area (TPSA) is 17.1 Å². The second-order valence-electron chi connectivity index (χ2n) is 4.29. The van der Waals surface area contributed by atoms with Crippen LogP contribution in [0.4, 0.5) is 0 Å². The Balaban J connectivity index is 2.83. The van der Waals surface area contributed by atoms with Crippen LogP contribution in [0.5, 0.6) is 0 Å². The Morgan fingerprint density at radius 3 is 2.57 bits per heavy atom. The molecule has 1 heteroatoms. The zero-order valence-electron chi connectivity index (χ0n) is 9.16. The van der Waals surface area contributed by atoms with Crippen molar-refractivity contribution in [2.24, 2.45) is 5.92 Å². The minimum Gasteiger partial charge on any atom is -0.303 e. The van der Waals surface area contributed by atoms with Crippen LogP contribution in [-0.2, 0) is 4.79 Å². The third-order valence-electron chi connectivity index (χ3n) is 2.36. The quantitative estimate of drug-likeness (QED) is 0.666. The number of carbonyl (C=O) groups excluding carboxylic acids is 1. The molecule has 0 bridgehead atoms. The number of hydrogen-bond donors (Lipinski definition) is 0. The zero-order chi connectivity index (χ0) is 10.6. The molecule has 0 amide bonds. The van der Waals surface area contributed by atoms with E-state index in [1.54, 1.807) is 0 Å². The Labute approximate surface area is 86.1 Å². The molecule has 0 fully saturated rings. The summed E-state index contributed by atoms with van der Waals surface area (Å²) in [4.78, 5) is 11.0. The summed E-state index contributed by atoms with van der Waals surface area (Å²) in [5, 5.41) is 0. The van der Waals surface area contributed by atoms with E-state index < -0.39 is 0 Å². The Bertz CT molecular complexity index is 302. The van der Waals surface area contributed by atoms with Gasteiger partial charge in [0.2, 0.25) is 0 Å². The molecular formula is C13H18O. The van der Waals surface area contributed by atoms with Crippen LogP contribution in [0, 0.1) is 12.8 Å². The van der Waals surface area contributed by atoms with Gasteiger partial charge < -0.3 is 4.79 Å². The molecule has 0 aliphatic rings. The standard InChI is InChI=1S/C13H18O/c1-10(2)7-13(9-14)12-6-4-5-11(3)8-12/h4-6,8-10,13H,7H2,1-3H3. The van der Waals surface area contributed by atoms with E-state index >= 15 is 0 Å². The summed E-state index contributed by atoms with van der Waals surface area (Å²) in [6.45, 7) is 6.35. The van der Waals surface area contributed by atoms with Gasteiger partial charge in [0.25, 0.3) is 0 Å². The smallest absolute Gasteiger partial charge is 0.127 e. The van der Waals surface area contributed by atoms with Crippen LogP contribution in [0.15, 0.2) is 24.3 Å². The van der Waals surface area contributed by atoms with Crippen molar-refractivity contribution in [3.63, 3.8) is 0 Å². The summed E-state index contributed by atoms with van der Waals surface area (Å²) in [5.41, 5.74) is 2.37. The fourth-order valence-electron chi connectivity index (χ4n) is 1.68. The molecule has 0 N–H and O–H groups in total. The van der Waals surface area contributed by atoms with Crippen LogP contribution in [0.3, 0.4) is 0 Å². The highest BCUT2D eigenvalue weighted by Crippen LogP contribution is 2.22. The normalized spacial score (nSPS) is 12.9. The van der Waals surface area contributed by atoms with Crippen molar-refractivity contribution in [3.8, 4) is 0 Å². The van der Waals surface area contributed by atoms with E-state index in [2.05, 4.69) is 32.9 Å². The molecular weight excluding hydrogens is 172 g/mol. The molecule has 0 spiro atoms. The molecule has 1 aromatic rings. The van der Waals surface area contributed by atoms with E-state index in [4.69, 9.17) is 0 Å². The van der Waals surface area contributed by atoms with E-state index in [9.17, 15) is 4.79 Å². The molecule has 1 aromatic carbocycles. The highest BCUT2D eigenvalue weighted by atomic mass is 16.1. The summed E-state index contributed by atoms with van der Waals surface area (Å²) < 4.78 is 0. The Morgan fingerprint density at radius 2 is 2.07 bits per heavy atom. The van der Waals surface area contributed by atoms with Crippen molar-refractivity contribution in [1.82, 2.24) is 0 Å². The van der Waals surface area contributed by atoms with Gasteiger partial charge in [-0.2, -0.15) is 0 Å². The van der Waals surface area contributed by atoms with Gasteiger partial charge in [0, 0.05) is 5.92 Å². The molecule has 0 aromatic heterocycles. The van der Waals surface area contributed by atoms with Gasteiger partial charge in [-0.1, -0.05) is 43.7 Å². The molecule has 0 saturated carbocycles. The minimum absolute atomic E-state index is 0.0647. The SMILES string of the molecule is Cc1cccc(C(C=O)CC(C)C)c1. The first-order valence-corrected chi connectivity index (χ1v) is 5.15. The van der Waals surface area contributed by atoms with Crippen LogP contribution in [0.25, 0.3) is 0 Å². The first kappa shape index (κ1) is 11.0. The van der Waals surface area contributed by atoms with Crippen molar-refractivity contribution in [1.29, 1.82) is 0 Å². The number of carbonyl (C=O) groups is 1. The first-order valence-electron chi connectivity index (χ1n) is 5.15. The Morgan fingerprint density at radius 1 is 1.36 bits per heavy atom. The van der Waals surface area contributed by atoms with Crippen molar-refractivity contribution >= 4 is 6.29 Å². The van der Waals surface area contributed by atoms with E-state index in [0.29, 0.717) is 5.92 Å². The molecule has 76 valence electrons. The van der Waals surface area contributed by atoms with Crippen LogP contribution in [0.2, 0.25) is 0 Å². The Hall–Kier alpha value is -1.11. The third-order valence-corrected chi connectivity index (χ3v) is 2.36. The summed E-state index contributed by atoms with van der Waals surface area (Å²) in [6, 6.07) is 8.21. The molecule has 1 atom stereocenters. The largest absolute Gasteiger partial charge is 0.303 e. The third kappa shape index (κ3) is 2.99. The lowest BCUT2D eigenvalue weighted by Crippen LogP contribution is -2.04. The lowest BCUT2D eigenvalue weighted by Gasteiger charge is -2.13. The maximum absolute atomic E-state index is 11.0. The molecule has 0 aliphatic carbocycles. The van der Waals surface area contributed by atoms with Gasteiger partial charge in [-0.05, 0) is 24.8 Å². The zero-order valence-corrected chi connectivity index (χ0v) is 9.16. The summed E-state index contributed by atoms with van der Waals surface area (Å²) in [6.07, 6.45) is 2.00. The maximum Gasteiger partial charge on any atom is 0.127 e. The number of hydrogen-bond acceptors (Lipinski definition) is 1.